The molecular formula is C14H32O6P. The summed E-state index contributed by atoms with van der Waals surface area (Å²) >= 11 is 0. The molecule has 129 valence electrons. The van der Waals surface area contributed by atoms with Crippen LogP contribution in [-0.4, -0.2) is 34.5 Å². The smallest absolute Gasteiger partial charge is 0.379 e. The summed E-state index contributed by atoms with van der Waals surface area (Å²) in [6.45, 7) is 3.32. The first-order valence-corrected chi connectivity index (χ1v) is 9.42. The third kappa shape index (κ3) is 38.4. The van der Waals surface area contributed by atoms with Crippen LogP contribution in [0, 0.1) is 0 Å². The highest BCUT2D eigenvalue weighted by Crippen LogP contribution is 2.25. The number of unbranched alkanes of at least 4 members (excludes halogenated alkanes) is 9. The number of phosphoric acid groups is 1. The van der Waals surface area contributed by atoms with Gasteiger partial charge in [0.1, 0.15) is 6.61 Å². The molecule has 0 aliphatic rings. The van der Waals surface area contributed by atoms with Crippen molar-refractivity contribution in [2.75, 3.05) is 19.8 Å². The van der Waals surface area contributed by atoms with E-state index < -0.39 is 7.82 Å². The Labute approximate surface area is 128 Å². The van der Waals surface area contributed by atoms with Crippen LogP contribution in [0.15, 0.2) is 0 Å². The van der Waals surface area contributed by atoms with E-state index in [-0.39, 0.29) is 6.61 Å². The first kappa shape index (κ1) is 23.3. The van der Waals surface area contributed by atoms with Crippen LogP contribution in [0.5, 0.6) is 0 Å². The summed E-state index contributed by atoms with van der Waals surface area (Å²) in [6, 6.07) is 0. The lowest BCUT2D eigenvalue weighted by molar-refractivity contribution is 0.0618. The van der Waals surface area contributed by atoms with E-state index in [2.05, 4.69) is 6.92 Å². The molecule has 0 aromatic carbocycles. The Hall–Kier alpha value is 0.0300. The molecule has 1 radical (unpaired) electrons. The Morgan fingerprint density at radius 3 is 1.52 bits per heavy atom. The van der Waals surface area contributed by atoms with E-state index >= 15 is 0 Å². The molecule has 21 heavy (non-hydrogen) atoms. The predicted octanol–water partition coefficient (Wildman–Crippen LogP) is 3.43. The quantitative estimate of drug-likeness (QED) is 0.355. The van der Waals surface area contributed by atoms with Crippen LogP contribution in [-0.2, 0) is 14.4 Å². The topological polar surface area (TPSA) is 107 Å². The van der Waals surface area contributed by atoms with Crippen LogP contribution in [0.25, 0.3) is 0 Å². The number of hydrogen-bond acceptors (Lipinski definition) is 2. The van der Waals surface area contributed by atoms with Gasteiger partial charge in [0.2, 0.25) is 0 Å². The van der Waals surface area contributed by atoms with Crippen LogP contribution in [0.2, 0.25) is 0 Å². The predicted molar refractivity (Wildman–Crippen MR) is 82.5 cm³/mol. The van der Waals surface area contributed by atoms with Crippen molar-refractivity contribution in [2.45, 2.75) is 71.1 Å². The molecular weight excluding hydrogens is 295 g/mol. The van der Waals surface area contributed by atoms with E-state index in [0.29, 0.717) is 6.61 Å². The molecule has 0 atom stereocenters. The summed E-state index contributed by atoms with van der Waals surface area (Å²) < 4.78 is 14.0. The van der Waals surface area contributed by atoms with Crippen molar-refractivity contribution >= 4 is 7.82 Å². The number of ether oxygens (including phenoxy) is 1. The van der Waals surface area contributed by atoms with E-state index in [1.807, 2.05) is 0 Å². The third-order valence-corrected chi connectivity index (χ3v) is 2.87. The van der Waals surface area contributed by atoms with Crippen molar-refractivity contribution in [1.82, 2.24) is 0 Å². The van der Waals surface area contributed by atoms with Crippen LogP contribution in [0.1, 0.15) is 71.1 Å². The molecule has 3 N–H and O–H groups in total. The van der Waals surface area contributed by atoms with E-state index in [1.54, 1.807) is 0 Å². The minimum atomic E-state index is -4.64. The van der Waals surface area contributed by atoms with Crippen LogP contribution >= 0.6 is 7.82 Å². The van der Waals surface area contributed by atoms with E-state index in [4.69, 9.17) is 24.0 Å². The Balaban J connectivity index is 0. The van der Waals surface area contributed by atoms with Gasteiger partial charge in [-0.15, -0.1) is 0 Å². The molecule has 0 unspecified atom stereocenters. The van der Waals surface area contributed by atoms with Gasteiger partial charge in [0.15, 0.2) is 0 Å². The molecule has 0 spiro atoms. The average Bonchev–Trinajstić information content (AvgIpc) is 2.38. The van der Waals surface area contributed by atoms with Crippen LogP contribution in [0.3, 0.4) is 0 Å². The van der Waals surface area contributed by atoms with Gasteiger partial charge in [-0.1, -0.05) is 64.7 Å². The Bertz CT molecular complexity index is 209. The van der Waals surface area contributed by atoms with Gasteiger partial charge in [-0.2, -0.15) is 0 Å². The maximum atomic E-state index is 10.1. The van der Waals surface area contributed by atoms with Crippen molar-refractivity contribution < 1.29 is 29.1 Å². The van der Waals surface area contributed by atoms with Crippen molar-refractivity contribution in [3.05, 3.63) is 0 Å². The molecule has 0 aromatic heterocycles. The fraction of sp³-hybridized carbons (Fsp3) is 1.00. The third-order valence-electron chi connectivity index (χ3n) is 2.87. The first-order valence-electron chi connectivity index (χ1n) is 7.86. The van der Waals surface area contributed by atoms with Crippen LogP contribution < -0.4 is 0 Å². The van der Waals surface area contributed by atoms with Gasteiger partial charge in [-0.05, 0) is 6.42 Å². The molecule has 0 heterocycles. The lowest BCUT2D eigenvalue weighted by Gasteiger charge is -2.02. The van der Waals surface area contributed by atoms with E-state index in [0.717, 1.165) is 13.0 Å². The molecule has 0 amide bonds. The highest BCUT2D eigenvalue weighted by atomic mass is 31.2. The fourth-order valence-electron chi connectivity index (χ4n) is 1.85. The standard InChI is InChI=1S/C14H29O2.H3O4P/c1-2-3-4-5-6-7-8-9-10-11-13-16-14-12-15;1-5(2,3)4/h2-14H2,1H3;(H3,1,2,3,4). The average molecular weight is 327 g/mol. The van der Waals surface area contributed by atoms with Gasteiger partial charge in [0, 0.05) is 6.61 Å². The molecule has 0 saturated heterocycles. The zero-order valence-corrected chi connectivity index (χ0v) is 14.1. The van der Waals surface area contributed by atoms with E-state index in [9.17, 15) is 5.11 Å². The minimum Gasteiger partial charge on any atom is -0.379 e. The molecule has 0 aliphatic carbocycles. The Morgan fingerprint density at radius 2 is 1.14 bits per heavy atom. The summed E-state index contributed by atoms with van der Waals surface area (Å²) in [4.78, 5) is 21.6. The van der Waals surface area contributed by atoms with Crippen molar-refractivity contribution in [2.24, 2.45) is 0 Å². The first-order chi connectivity index (χ1) is 9.91. The van der Waals surface area contributed by atoms with Gasteiger partial charge in [-0.25, -0.2) is 9.67 Å². The second-order valence-corrected chi connectivity index (χ2v) is 6.04. The molecule has 0 aliphatic heterocycles. The lowest BCUT2D eigenvalue weighted by Crippen LogP contribution is -1.99. The molecule has 0 rings (SSSR count). The molecule has 0 aromatic rings. The van der Waals surface area contributed by atoms with E-state index in [1.165, 1.54) is 57.8 Å². The Kier molecular flexibility index (Phi) is 20.1. The summed E-state index contributed by atoms with van der Waals surface area (Å²) in [6.07, 6.45) is 13.4. The summed E-state index contributed by atoms with van der Waals surface area (Å²) in [5, 5.41) is 10.1. The normalized spacial score (nSPS) is 11.1. The Morgan fingerprint density at radius 1 is 0.762 bits per heavy atom. The fourth-order valence-corrected chi connectivity index (χ4v) is 1.85. The summed E-state index contributed by atoms with van der Waals surface area (Å²) in [7, 11) is -4.64. The summed E-state index contributed by atoms with van der Waals surface area (Å²) in [5.74, 6) is 0. The van der Waals surface area contributed by atoms with Gasteiger partial charge in [-0.3, -0.25) is 0 Å². The SMILES string of the molecule is CCCCCCCCCCCCOCC[O].O=P(O)(O)O. The van der Waals surface area contributed by atoms with Crippen molar-refractivity contribution in [3.8, 4) is 0 Å². The molecule has 0 fully saturated rings. The molecule has 0 bridgehead atoms. The number of rotatable bonds is 13. The molecule has 6 nitrogen and oxygen atoms in total. The van der Waals surface area contributed by atoms with Crippen LogP contribution in [0.4, 0.5) is 0 Å². The monoisotopic (exact) mass is 327 g/mol. The highest BCUT2D eigenvalue weighted by molar-refractivity contribution is 7.45. The second kappa shape index (κ2) is 18.1. The van der Waals surface area contributed by atoms with Crippen molar-refractivity contribution in [3.63, 3.8) is 0 Å². The maximum absolute atomic E-state index is 10.1. The molecule has 7 heteroatoms. The maximum Gasteiger partial charge on any atom is 0.466 e. The highest BCUT2D eigenvalue weighted by Gasteiger charge is 2.00. The van der Waals surface area contributed by atoms with Crippen molar-refractivity contribution in [1.29, 1.82) is 0 Å². The zero-order valence-electron chi connectivity index (χ0n) is 13.2. The van der Waals surface area contributed by atoms with Gasteiger partial charge in [0.25, 0.3) is 0 Å². The molecule has 0 saturated carbocycles. The van der Waals surface area contributed by atoms with Gasteiger partial charge >= 0.3 is 7.82 Å². The minimum absolute atomic E-state index is 0.0994. The largest absolute Gasteiger partial charge is 0.466 e. The summed E-state index contributed by atoms with van der Waals surface area (Å²) in [5.41, 5.74) is 0. The lowest BCUT2D eigenvalue weighted by atomic mass is 10.1. The second-order valence-electron chi connectivity index (χ2n) is 5.01. The zero-order chi connectivity index (χ0) is 16.4. The number of hydrogen-bond donors (Lipinski definition) is 3. The van der Waals surface area contributed by atoms with Gasteiger partial charge < -0.3 is 19.4 Å². The van der Waals surface area contributed by atoms with Gasteiger partial charge in [0.05, 0.1) is 6.61 Å².